The molecule has 2 aromatic heterocycles. The standard InChI is InChI=1S/C16H22N6O9S/c1-5(24)7(13(27)28)18-14(29)19-11-8-12(21-15(20-11)32-2)22(4-17-8)16(30)10(26)9(25)6(3-23)31-16/h4-7,9-10,23-26,30H,3H2,1-2H3,(H,27,28)(H2,18,19,20,21,29)/t5-,6-,7+,9-,10-,16?/m1/s1. The Balaban J connectivity index is 1.99. The number of carbonyl (C=O) groups excluding carboxylic acids is 1. The van der Waals surface area contributed by atoms with E-state index in [2.05, 4.69) is 25.6 Å². The van der Waals surface area contributed by atoms with Crippen molar-refractivity contribution in [2.75, 3.05) is 18.2 Å². The SMILES string of the molecule is CSc1nc(NC(=O)N[C@H](C(=O)O)[C@@H](C)O)c2ncn(C3(O)O[C@H](CO)[C@@H](O)[C@H]3O)c2n1. The molecule has 2 aromatic rings. The van der Waals surface area contributed by atoms with Gasteiger partial charge in [-0.05, 0) is 13.2 Å². The molecule has 0 spiro atoms. The molecule has 3 heterocycles. The summed E-state index contributed by atoms with van der Waals surface area (Å²) in [5.74, 6) is -4.16. The van der Waals surface area contributed by atoms with Crippen molar-refractivity contribution in [3.8, 4) is 0 Å². The van der Waals surface area contributed by atoms with E-state index in [-0.39, 0.29) is 22.1 Å². The van der Waals surface area contributed by atoms with Crippen LogP contribution in [-0.2, 0) is 15.4 Å². The summed E-state index contributed by atoms with van der Waals surface area (Å²) in [5, 5.41) is 63.6. The molecule has 0 saturated carbocycles. The largest absolute Gasteiger partial charge is 0.480 e. The zero-order valence-corrected chi connectivity index (χ0v) is 17.6. The predicted molar refractivity (Wildman–Crippen MR) is 107 cm³/mol. The first-order valence-corrected chi connectivity index (χ1v) is 10.4. The summed E-state index contributed by atoms with van der Waals surface area (Å²) in [4.78, 5) is 35.8. The third kappa shape index (κ3) is 4.20. The average Bonchev–Trinajstić information content (AvgIpc) is 3.27. The van der Waals surface area contributed by atoms with Gasteiger partial charge >= 0.3 is 12.0 Å². The maximum absolute atomic E-state index is 12.3. The lowest BCUT2D eigenvalue weighted by molar-refractivity contribution is -0.287. The molecular weight excluding hydrogens is 452 g/mol. The third-order valence-corrected chi connectivity index (χ3v) is 5.31. The maximum atomic E-state index is 12.3. The number of thioether (sulfide) groups is 1. The summed E-state index contributed by atoms with van der Waals surface area (Å²) in [6.45, 7) is 0.510. The Bertz CT molecular complexity index is 1020. The van der Waals surface area contributed by atoms with Crippen LogP contribution < -0.4 is 10.6 Å². The van der Waals surface area contributed by atoms with Gasteiger partial charge in [0.2, 0.25) is 0 Å². The van der Waals surface area contributed by atoms with Gasteiger partial charge in [-0.25, -0.2) is 24.5 Å². The van der Waals surface area contributed by atoms with Crippen LogP contribution >= 0.6 is 11.8 Å². The van der Waals surface area contributed by atoms with Gasteiger partial charge in [0.15, 0.2) is 34.3 Å². The Kier molecular flexibility index (Phi) is 6.84. The quantitative estimate of drug-likeness (QED) is 0.150. The summed E-state index contributed by atoms with van der Waals surface area (Å²) >= 11 is 1.07. The number of nitrogens with one attached hydrogen (secondary N) is 2. The first kappa shape index (κ1) is 24.1. The molecule has 32 heavy (non-hydrogen) atoms. The number of carbonyl (C=O) groups is 2. The number of anilines is 1. The van der Waals surface area contributed by atoms with Gasteiger partial charge in [0.05, 0.1) is 12.7 Å². The van der Waals surface area contributed by atoms with Crippen molar-refractivity contribution in [1.82, 2.24) is 24.8 Å². The fraction of sp³-hybridized carbons (Fsp3) is 0.562. The zero-order valence-electron chi connectivity index (χ0n) is 16.8. The van der Waals surface area contributed by atoms with Crippen LogP contribution in [0.1, 0.15) is 6.92 Å². The normalized spacial score (nSPS) is 27.3. The van der Waals surface area contributed by atoms with Gasteiger partial charge in [0, 0.05) is 0 Å². The number of urea groups is 1. The van der Waals surface area contributed by atoms with Crippen molar-refractivity contribution in [3.05, 3.63) is 6.33 Å². The van der Waals surface area contributed by atoms with Gasteiger partial charge in [-0.15, -0.1) is 0 Å². The van der Waals surface area contributed by atoms with Crippen LogP contribution in [0.2, 0.25) is 0 Å². The summed E-state index contributed by atoms with van der Waals surface area (Å²) < 4.78 is 6.15. The predicted octanol–water partition coefficient (Wildman–Crippen LogP) is -2.78. The van der Waals surface area contributed by atoms with Crippen LogP contribution in [0.25, 0.3) is 11.2 Å². The number of rotatable bonds is 7. The molecular formula is C16H22N6O9S. The molecule has 0 radical (unpaired) electrons. The number of hydrogen-bond acceptors (Lipinski definition) is 12. The molecule has 3 rings (SSSR count). The van der Waals surface area contributed by atoms with Crippen LogP contribution in [0.5, 0.6) is 0 Å². The lowest BCUT2D eigenvalue weighted by Gasteiger charge is -2.27. The van der Waals surface area contributed by atoms with Crippen molar-refractivity contribution < 1.29 is 45.0 Å². The average molecular weight is 474 g/mol. The van der Waals surface area contributed by atoms with E-state index >= 15 is 0 Å². The van der Waals surface area contributed by atoms with Crippen LogP contribution in [0.3, 0.4) is 0 Å². The minimum absolute atomic E-state index is 0.0620. The number of imidazole rings is 1. The second kappa shape index (κ2) is 9.10. The number of ether oxygens (including phenoxy) is 1. The molecule has 6 atom stereocenters. The van der Waals surface area contributed by atoms with Crippen molar-refractivity contribution in [2.24, 2.45) is 0 Å². The molecule has 15 nitrogen and oxygen atoms in total. The lowest BCUT2D eigenvalue weighted by atomic mass is 10.1. The number of carboxylic acids is 1. The second-order valence-electron chi connectivity index (χ2n) is 6.93. The summed E-state index contributed by atoms with van der Waals surface area (Å²) in [7, 11) is 0. The Labute approximate surface area is 184 Å². The van der Waals surface area contributed by atoms with E-state index in [1.807, 2.05) is 0 Å². The topological polar surface area (TPSA) is 232 Å². The highest BCUT2D eigenvalue weighted by molar-refractivity contribution is 7.98. The Morgan fingerprint density at radius 1 is 1.38 bits per heavy atom. The first-order chi connectivity index (χ1) is 15.0. The van der Waals surface area contributed by atoms with E-state index in [0.717, 1.165) is 22.7 Å². The monoisotopic (exact) mass is 474 g/mol. The van der Waals surface area contributed by atoms with E-state index in [4.69, 9.17) is 9.84 Å². The summed E-state index contributed by atoms with van der Waals surface area (Å²) in [5.41, 5.74) is -0.162. The van der Waals surface area contributed by atoms with Gasteiger partial charge in [-0.1, -0.05) is 11.8 Å². The number of carboxylic acid groups (broad SMARTS) is 1. The van der Waals surface area contributed by atoms with E-state index in [9.17, 15) is 35.1 Å². The van der Waals surface area contributed by atoms with E-state index in [1.54, 1.807) is 6.26 Å². The Morgan fingerprint density at radius 2 is 2.06 bits per heavy atom. The molecule has 1 aliphatic heterocycles. The molecule has 176 valence electrons. The molecule has 1 aliphatic rings. The minimum Gasteiger partial charge on any atom is -0.480 e. The smallest absolute Gasteiger partial charge is 0.328 e. The minimum atomic E-state index is -2.54. The highest BCUT2D eigenvalue weighted by Gasteiger charge is 2.55. The number of aromatic nitrogens is 4. The van der Waals surface area contributed by atoms with Gasteiger partial charge in [-0.2, -0.15) is 0 Å². The number of aliphatic carboxylic acids is 1. The summed E-state index contributed by atoms with van der Waals surface area (Å²) in [6, 6.07) is -2.60. The maximum Gasteiger partial charge on any atom is 0.328 e. The zero-order chi connectivity index (χ0) is 23.8. The first-order valence-electron chi connectivity index (χ1n) is 9.18. The van der Waals surface area contributed by atoms with Crippen LogP contribution in [0.4, 0.5) is 10.6 Å². The molecule has 16 heteroatoms. The van der Waals surface area contributed by atoms with Gasteiger partial charge < -0.3 is 40.7 Å². The van der Waals surface area contributed by atoms with Crippen molar-refractivity contribution in [3.63, 3.8) is 0 Å². The number of hydrogen-bond donors (Lipinski definition) is 8. The number of aliphatic hydroxyl groups is 5. The van der Waals surface area contributed by atoms with Gasteiger partial charge in [-0.3, -0.25) is 9.88 Å². The fourth-order valence-electron chi connectivity index (χ4n) is 3.10. The highest BCUT2D eigenvalue weighted by Crippen LogP contribution is 2.36. The molecule has 2 amide bonds. The fourth-order valence-corrected chi connectivity index (χ4v) is 3.46. The molecule has 1 fully saturated rings. The van der Waals surface area contributed by atoms with Crippen molar-refractivity contribution in [2.45, 2.75) is 48.4 Å². The van der Waals surface area contributed by atoms with E-state index in [0.29, 0.717) is 0 Å². The van der Waals surface area contributed by atoms with Crippen LogP contribution in [-0.4, -0.2) is 105 Å². The second-order valence-corrected chi connectivity index (χ2v) is 7.71. The molecule has 0 aromatic carbocycles. The number of fused-ring (bicyclic) bond motifs is 1. The van der Waals surface area contributed by atoms with Crippen LogP contribution in [0.15, 0.2) is 11.5 Å². The molecule has 1 unspecified atom stereocenters. The van der Waals surface area contributed by atoms with E-state index in [1.165, 1.54) is 6.92 Å². The number of aliphatic hydroxyl groups excluding tert-OH is 4. The van der Waals surface area contributed by atoms with Gasteiger partial charge in [0.25, 0.3) is 5.91 Å². The van der Waals surface area contributed by atoms with E-state index < -0.39 is 55.0 Å². The molecule has 8 N–H and O–H groups in total. The molecule has 1 saturated heterocycles. The lowest BCUT2D eigenvalue weighted by Crippen LogP contribution is -2.49. The third-order valence-electron chi connectivity index (χ3n) is 4.76. The van der Waals surface area contributed by atoms with Crippen molar-refractivity contribution >= 4 is 40.7 Å². The number of nitrogens with zero attached hydrogens (tertiary/aromatic N) is 4. The van der Waals surface area contributed by atoms with Gasteiger partial charge in [0.1, 0.15) is 18.5 Å². The molecule has 0 aliphatic carbocycles. The Hall–Kier alpha value is -2.60. The van der Waals surface area contributed by atoms with Crippen molar-refractivity contribution in [1.29, 1.82) is 0 Å². The highest BCUT2D eigenvalue weighted by atomic mass is 32.2. The summed E-state index contributed by atoms with van der Waals surface area (Å²) in [6.07, 6.45) is -3.50. The number of amides is 2. The van der Waals surface area contributed by atoms with Crippen LogP contribution in [0, 0.1) is 0 Å². The Morgan fingerprint density at radius 3 is 2.59 bits per heavy atom. The molecule has 0 bridgehead atoms.